The van der Waals surface area contributed by atoms with E-state index in [4.69, 9.17) is 9.94 Å². The first-order valence-corrected chi connectivity index (χ1v) is 11.4. The van der Waals surface area contributed by atoms with Crippen molar-refractivity contribution in [2.75, 3.05) is 26.2 Å². The Balaban J connectivity index is 0.000000452. The van der Waals surface area contributed by atoms with Crippen LogP contribution in [-0.4, -0.2) is 41.8 Å². The topological polar surface area (TPSA) is 58.6 Å². The molecule has 0 aromatic heterocycles. The predicted molar refractivity (Wildman–Crippen MR) is 127 cm³/mol. The van der Waals surface area contributed by atoms with Gasteiger partial charge in [-0.25, -0.2) is 5.48 Å². The number of hydroxylamine groups is 1. The lowest BCUT2D eigenvalue weighted by atomic mass is 9.97. The summed E-state index contributed by atoms with van der Waals surface area (Å²) in [7, 11) is 0. The minimum atomic E-state index is -0.384. The highest BCUT2D eigenvalue weighted by molar-refractivity contribution is 5.75. The van der Waals surface area contributed by atoms with E-state index in [1.807, 2.05) is 68.4 Å². The minimum absolute atomic E-state index is 0.0235. The molecule has 0 aliphatic rings. The first-order valence-electron chi connectivity index (χ1n) is 11.4. The second-order valence-corrected chi connectivity index (χ2v) is 7.99. The molecule has 2 aromatic rings. The summed E-state index contributed by atoms with van der Waals surface area (Å²) in [6.45, 7) is 18.2. The summed E-state index contributed by atoms with van der Waals surface area (Å²) in [6, 6.07) is 17.7. The van der Waals surface area contributed by atoms with Gasteiger partial charge in [0.2, 0.25) is 5.91 Å². The molecule has 2 atom stereocenters. The molecule has 0 saturated heterocycles. The van der Waals surface area contributed by atoms with Crippen molar-refractivity contribution in [1.82, 2.24) is 5.48 Å². The highest BCUT2D eigenvalue weighted by atomic mass is 16.5. The number of ether oxygens (including phenoxy) is 1. The van der Waals surface area contributed by atoms with E-state index in [1.165, 1.54) is 30.7 Å². The number of hydrogen-bond donors (Lipinski definition) is 2. The van der Waals surface area contributed by atoms with Gasteiger partial charge in [-0.15, -0.1) is 0 Å². The van der Waals surface area contributed by atoms with E-state index in [2.05, 4.69) is 27.7 Å². The standard InChI is InChI=1S/C18H21NO3.C8H20N/c1-13(12-18(20)19-21)15-8-10-17(11-9-15)22-14(2)16-6-4-3-5-7-16;1-5-9(6-2,7-3)8-4/h3-11,13-14,21H,12H2,1-2H3,(H,19,20);5-8H2,1-4H3/q;+1. The molecule has 0 radical (unpaired) electrons. The summed E-state index contributed by atoms with van der Waals surface area (Å²) in [5.41, 5.74) is 3.81. The third-order valence-electron chi connectivity index (χ3n) is 6.33. The maximum atomic E-state index is 11.2. The highest BCUT2D eigenvalue weighted by Gasteiger charge is 2.16. The Bertz CT molecular complexity index is 725. The summed E-state index contributed by atoms with van der Waals surface area (Å²) in [5, 5.41) is 8.56. The number of hydrogen-bond acceptors (Lipinski definition) is 3. The molecule has 172 valence electrons. The highest BCUT2D eigenvalue weighted by Crippen LogP contribution is 2.25. The van der Waals surface area contributed by atoms with E-state index in [0.29, 0.717) is 0 Å². The largest absolute Gasteiger partial charge is 0.486 e. The van der Waals surface area contributed by atoms with Crippen LogP contribution in [0.4, 0.5) is 0 Å². The second kappa shape index (κ2) is 13.8. The molecule has 0 aliphatic heterocycles. The number of nitrogens with zero attached hydrogens (tertiary/aromatic N) is 1. The van der Waals surface area contributed by atoms with Crippen molar-refractivity contribution in [3.63, 3.8) is 0 Å². The van der Waals surface area contributed by atoms with Gasteiger partial charge in [-0.05, 0) is 63.8 Å². The summed E-state index contributed by atoms with van der Waals surface area (Å²) in [4.78, 5) is 11.2. The van der Waals surface area contributed by atoms with Crippen LogP contribution in [0.25, 0.3) is 0 Å². The van der Waals surface area contributed by atoms with Crippen LogP contribution in [0.5, 0.6) is 5.75 Å². The molecule has 1 amide bonds. The number of nitrogens with one attached hydrogen (secondary N) is 1. The SMILES string of the molecule is CC(CC(=O)NO)c1ccc(OC(C)c2ccccc2)cc1.CC[N+](CC)(CC)CC. The van der Waals surface area contributed by atoms with Crippen molar-refractivity contribution in [3.05, 3.63) is 65.7 Å². The van der Waals surface area contributed by atoms with Gasteiger partial charge < -0.3 is 9.22 Å². The molecule has 2 N–H and O–H groups in total. The molecule has 2 aromatic carbocycles. The van der Waals surface area contributed by atoms with Gasteiger partial charge in [-0.2, -0.15) is 0 Å². The van der Waals surface area contributed by atoms with Gasteiger partial charge in [-0.3, -0.25) is 10.0 Å². The van der Waals surface area contributed by atoms with Crippen molar-refractivity contribution in [2.24, 2.45) is 0 Å². The zero-order valence-corrected chi connectivity index (χ0v) is 20.1. The van der Waals surface area contributed by atoms with Gasteiger partial charge in [0, 0.05) is 6.42 Å². The molecule has 2 unspecified atom stereocenters. The Morgan fingerprint density at radius 2 is 1.39 bits per heavy atom. The summed E-state index contributed by atoms with van der Waals surface area (Å²) < 4.78 is 7.20. The lowest BCUT2D eigenvalue weighted by molar-refractivity contribution is -0.921. The van der Waals surface area contributed by atoms with E-state index in [-0.39, 0.29) is 24.3 Å². The molecule has 2 rings (SSSR count). The van der Waals surface area contributed by atoms with E-state index >= 15 is 0 Å². The molecular formula is C26H41N2O3+. The average Bonchev–Trinajstić information content (AvgIpc) is 2.82. The predicted octanol–water partition coefficient (Wildman–Crippen LogP) is 5.71. The zero-order valence-electron chi connectivity index (χ0n) is 20.1. The quantitative estimate of drug-likeness (QED) is 0.289. The van der Waals surface area contributed by atoms with E-state index in [1.54, 1.807) is 5.48 Å². The first kappa shape index (κ1) is 26.7. The Kier molecular flexibility index (Phi) is 11.9. The Morgan fingerprint density at radius 1 is 0.871 bits per heavy atom. The summed E-state index contributed by atoms with van der Waals surface area (Å²) >= 11 is 0. The van der Waals surface area contributed by atoms with Gasteiger partial charge in [0.25, 0.3) is 0 Å². The van der Waals surface area contributed by atoms with Crippen LogP contribution in [-0.2, 0) is 4.79 Å². The average molecular weight is 430 g/mol. The summed E-state index contributed by atoms with van der Waals surface area (Å²) in [5.74, 6) is 0.442. The van der Waals surface area contributed by atoms with Crippen LogP contribution in [0.3, 0.4) is 0 Å². The van der Waals surface area contributed by atoms with Crippen molar-refractivity contribution in [2.45, 2.75) is 60.0 Å². The van der Waals surface area contributed by atoms with Crippen LogP contribution >= 0.6 is 0 Å². The van der Waals surface area contributed by atoms with E-state index in [9.17, 15) is 4.79 Å². The van der Waals surface area contributed by atoms with Gasteiger partial charge in [0.05, 0.1) is 26.2 Å². The molecule has 0 spiro atoms. The normalized spacial score (nSPS) is 12.9. The number of amides is 1. The van der Waals surface area contributed by atoms with Gasteiger partial charge in [-0.1, -0.05) is 49.4 Å². The van der Waals surface area contributed by atoms with Crippen molar-refractivity contribution >= 4 is 5.91 Å². The molecule has 0 bridgehead atoms. The van der Waals surface area contributed by atoms with Crippen LogP contribution in [0.15, 0.2) is 54.6 Å². The number of carbonyl (C=O) groups is 1. The number of quaternary nitrogens is 1. The maximum Gasteiger partial charge on any atom is 0.243 e. The third kappa shape index (κ3) is 8.72. The fourth-order valence-electron chi connectivity index (χ4n) is 3.65. The molecule has 0 fully saturated rings. The molecule has 5 nitrogen and oxygen atoms in total. The number of benzene rings is 2. The van der Waals surface area contributed by atoms with Crippen molar-refractivity contribution in [1.29, 1.82) is 0 Å². The molecule has 0 aliphatic carbocycles. The van der Waals surface area contributed by atoms with E-state index in [0.717, 1.165) is 16.9 Å². The maximum absolute atomic E-state index is 11.2. The monoisotopic (exact) mass is 429 g/mol. The van der Waals surface area contributed by atoms with Gasteiger partial charge in [0.15, 0.2) is 0 Å². The number of rotatable bonds is 10. The fourth-order valence-corrected chi connectivity index (χ4v) is 3.65. The smallest absolute Gasteiger partial charge is 0.243 e. The fraction of sp³-hybridized carbons (Fsp3) is 0.500. The third-order valence-corrected chi connectivity index (χ3v) is 6.33. The van der Waals surface area contributed by atoms with Crippen molar-refractivity contribution < 1.29 is 19.2 Å². The Morgan fingerprint density at radius 3 is 1.81 bits per heavy atom. The van der Waals surface area contributed by atoms with Gasteiger partial charge in [0.1, 0.15) is 11.9 Å². The van der Waals surface area contributed by atoms with Crippen molar-refractivity contribution in [3.8, 4) is 5.75 Å². The van der Waals surface area contributed by atoms with Crippen LogP contribution < -0.4 is 10.2 Å². The molecule has 31 heavy (non-hydrogen) atoms. The lowest BCUT2D eigenvalue weighted by Crippen LogP contribution is -2.47. The van der Waals surface area contributed by atoms with Crippen LogP contribution in [0.1, 0.15) is 71.1 Å². The lowest BCUT2D eigenvalue weighted by Gasteiger charge is -2.34. The molecule has 5 heteroatoms. The number of carbonyl (C=O) groups excluding carboxylic acids is 1. The van der Waals surface area contributed by atoms with Crippen LogP contribution in [0.2, 0.25) is 0 Å². The Hall–Kier alpha value is -2.37. The second-order valence-electron chi connectivity index (χ2n) is 7.99. The van der Waals surface area contributed by atoms with Crippen LogP contribution in [0, 0.1) is 0 Å². The first-order chi connectivity index (χ1) is 14.8. The molecule has 0 saturated carbocycles. The Labute approximate surface area is 188 Å². The van der Waals surface area contributed by atoms with Gasteiger partial charge >= 0.3 is 0 Å². The molecule has 0 heterocycles. The zero-order chi connectivity index (χ0) is 23.3. The molecular weight excluding hydrogens is 388 g/mol. The summed E-state index contributed by atoms with van der Waals surface area (Å²) in [6.07, 6.45) is 0.224. The minimum Gasteiger partial charge on any atom is -0.486 e. The van der Waals surface area contributed by atoms with E-state index < -0.39 is 0 Å².